The Morgan fingerprint density at radius 2 is 1.59 bits per heavy atom. The lowest BCUT2D eigenvalue weighted by molar-refractivity contribution is -0.332. The van der Waals surface area contributed by atoms with Crippen LogP contribution in [0.15, 0.2) is 0 Å². The highest BCUT2D eigenvalue weighted by Crippen LogP contribution is 2.34. The molecule has 2 aliphatic rings. The number of ether oxygens (including phenoxy) is 4. The first-order chi connectivity index (χ1) is 12.7. The Morgan fingerprint density at radius 3 is 2.11 bits per heavy atom. The molecule has 0 bridgehead atoms. The zero-order valence-electron chi connectivity index (χ0n) is 16.0. The lowest BCUT2D eigenvalue weighted by Gasteiger charge is -2.47. The van der Waals surface area contributed by atoms with Gasteiger partial charge in [-0.3, -0.25) is 4.79 Å². The van der Waals surface area contributed by atoms with Gasteiger partial charge in [0.1, 0.15) is 24.4 Å². The van der Waals surface area contributed by atoms with Crippen LogP contribution in [0.25, 0.3) is 0 Å². The summed E-state index contributed by atoms with van der Waals surface area (Å²) in [6.07, 6.45) is -6.57. The molecule has 0 aliphatic carbocycles. The third-order valence-corrected chi connectivity index (χ3v) is 5.33. The highest BCUT2D eigenvalue weighted by atomic mass is 16.7. The number of rotatable bonds is 6. The van der Waals surface area contributed by atoms with Gasteiger partial charge in [0.25, 0.3) is 0 Å². The zero-order chi connectivity index (χ0) is 20.3. The third kappa shape index (κ3) is 4.77. The second-order valence-corrected chi connectivity index (χ2v) is 7.21. The Kier molecular flexibility index (Phi) is 7.95. The maximum absolute atomic E-state index is 11.5. The van der Waals surface area contributed by atoms with E-state index in [9.17, 15) is 25.2 Å². The van der Waals surface area contributed by atoms with E-state index in [4.69, 9.17) is 18.9 Å². The summed E-state index contributed by atoms with van der Waals surface area (Å²) in [6.45, 7) is 4.04. The number of carbonyl (C=O) groups excluding carboxylic acids is 1. The molecule has 0 aromatic heterocycles. The zero-order valence-corrected chi connectivity index (χ0v) is 16.0. The average molecular weight is 393 g/mol. The maximum atomic E-state index is 11.5. The number of hydrogen-bond acceptors (Lipinski definition) is 9. The van der Waals surface area contributed by atoms with Crippen molar-refractivity contribution < 1.29 is 44.2 Å². The lowest BCUT2D eigenvalue weighted by Crippen LogP contribution is -2.66. The van der Waals surface area contributed by atoms with Crippen molar-refractivity contribution >= 4 is 5.91 Å². The smallest absolute Gasteiger partial charge is 0.217 e. The van der Waals surface area contributed by atoms with Crippen molar-refractivity contribution in [3.05, 3.63) is 0 Å². The molecule has 10 nitrogen and oxygen atoms in total. The first kappa shape index (κ1) is 22.4. The molecule has 2 fully saturated rings. The van der Waals surface area contributed by atoms with Crippen LogP contribution in [0.5, 0.6) is 0 Å². The van der Waals surface area contributed by atoms with Gasteiger partial charge in [0.05, 0.1) is 25.4 Å². The molecule has 0 saturated carbocycles. The van der Waals surface area contributed by atoms with E-state index in [0.717, 1.165) is 0 Å². The van der Waals surface area contributed by atoms with Crippen LogP contribution in [0.2, 0.25) is 0 Å². The van der Waals surface area contributed by atoms with Crippen molar-refractivity contribution in [2.75, 3.05) is 20.3 Å². The number of nitrogens with one attached hydrogen (secondary N) is 1. The van der Waals surface area contributed by atoms with E-state index in [1.807, 2.05) is 0 Å². The van der Waals surface area contributed by atoms with Crippen molar-refractivity contribution in [3.63, 3.8) is 0 Å². The molecule has 2 heterocycles. The van der Waals surface area contributed by atoms with Gasteiger partial charge in [-0.1, -0.05) is 13.8 Å². The second-order valence-electron chi connectivity index (χ2n) is 7.21. The Morgan fingerprint density at radius 1 is 1.00 bits per heavy atom. The van der Waals surface area contributed by atoms with Gasteiger partial charge in [-0.2, -0.15) is 0 Å². The average Bonchev–Trinajstić information content (AvgIpc) is 2.64. The van der Waals surface area contributed by atoms with Gasteiger partial charge < -0.3 is 44.7 Å². The van der Waals surface area contributed by atoms with Crippen LogP contribution in [0.4, 0.5) is 0 Å². The molecule has 158 valence electrons. The van der Waals surface area contributed by atoms with Crippen LogP contribution in [-0.2, 0) is 23.7 Å². The van der Waals surface area contributed by atoms with Gasteiger partial charge in [0.2, 0.25) is 5.91 Å². The van der Waals surface area contributed by atoms with Crippen molar-refractivity contribution in [1.29, 1.82) is 0 Å². The molecule has 2 aliphatic heterocycles. The number of hydrogen-bond donors (Lipinski definition) is 5. The largest absolute Gasteiger partial charge is 0.394 e. The van der Waals surface area contributed by atoms with Crippen molar-refractivity contribution in [2.45, 2.75) is 69.9 Å². The van der Waals surface area contributed by atoms with Crippen molar-refractivity contribution in [1.82, 2.24) is 5.32 Å². The van der Waals surface area contributed by atoms with Crippen LogP contribution in [0, 0.1) is 11.8 Å². The monoisotopic (exact) mass is 393 g/mol. The van der Waals surface area contributed by atoms with Gasteiger partial charge in [-0.05, 0) is 0 Å². The van der Waals surface area contributed by atoms with Crippen LogP contribution >= 0.6 is 0 Å². The lowest BCUT2D eigenvalue weighted by atomic mass is 9.86. The SMILES string of the molecule is CO[C@@H]1OC(CO)[C@@H](O[C@@H]2OC(CO)[C@@H](C)[C@H](O)C2C)[C@H](O)C1NC(C)=O. The summed E-state index contributed by atoms with van der Waals surface area (Å²) in [6, 6.07) is -0.920. The first-order valence-corrected chi connectivity index (χ1v) is 9.09. The predicted octanol–water partition coefficient (Wildman–Crippen LogP) is -2.05. The van der Waals surface area contributed by atoms with Crippen LogP contribution in [0.3, 0.4) is 0 Å². The van der Waals surface area contributed by atoms with Crippen molar-refractivity contribution in [3.8, 4) is 0 Å². The van der Waals surface area contributed by atoms with Gasteiger partial charge in [-0.15, -0.1) is 0 Å². The molecule has 1 amide bonds. The Labute approximate surface area is 158 Å². The molecule has 2 rings (SSSR count). The molecule has 0 aromatic rings. The van der Waals surface area contributed by atoms with E-state index in [1.165, 1.54) is 14.0 Å². The minimum Gasteiger partial charge on any atom is -0.394 e. The predicted molar refractivity (Wildman–Crippen MR) is 91.3 cm³/mol. The number of carbonyl (C=O) groups is 1. The summed E-state index contributed by atoms with van der Waals surface area (Å²) in [4.78, 5) is 11.5. The Hall–Kier alpha value is -0.850. The molecule has 0 spiro atoms. The third-order valence-electron chi connectivity index (χ3n) is 5.33. The van der Waals surface area contributed by atoms with Gasteiger partial charge >= 0.3 is 0 Å². The van der Waals surface area contributed by atoms with E-state index in [-0.39, 0.29) is 12.5 Å². The summed E-state index contributed by atoms with van der Waals surface area (Å²) >= 11 is 0. The maximum Gasteiger partial charge on any atom is 0.217 e. The molecular formula is C17H31NO9. The topological polar surface area (TPSA) is 147 Å². The summed E-state index contributed by atoms with van der Waals surface area (Å²) in [7, 11) is 1.36. The minimum atomic E-state index is -1.26. The molecule has 10 atom stereocenters. The molecule has 5 N–H and O–H groups in total. The molecular weight excluding hydrogens is 362 g/mol. The highest BCUT2D eigenvalue weighted by molar-refractivity contribution is 5.73. The first-order valence-electron chi connectivity index (χ1n) is 9.09. The molecule has 2 saturated heterocycles. The molecule has 0 radical (unpaired) electrons. The van der Waals surface area contributed by atoms with Crippen LogP contribution in [0.1, 0.15) is 20.8 Å². The van der Waals surface area contributed by atoms with Gasteiger partial charge in [-0.25, -0.2) is 0 Å². The van der Waals surface area contributed by atoms with E-state index in [2.05, 4.69) is 5.32 Å². The Bertz CT molecular complexity index is 491. The van der Waals surface area contributed by atoms with Crippen LogP contribution in [-0.4, -0.2) is 95.8 Å². The minimum absolute atomic E-state index is 0.293. The Balaban J connectivity index is 2.19. The number of aliphatic hydroxyl groups excluding tert-OH is 4. The fourth-order valence-electron chi connectivity index (χ4n) is 3.63. The second kappa shape index (κ2) is 9.57. The summed E-state index contributed by atoms with van der Waals surface area (Å²) in [5, 5.41) is 42.9. The fourth-order valence-corrected chi connectivity index (χ4v) is 3.63. The quantitative estimate of drug-likeness (QED) is 0.344. The molecule has 4 unspecified atom stereocenters. The van der Waals surface area contributed by atoms with Crippen LogP contribution < -0.4 is 5.32 Å². The van der Waals surface area contributed by atoms with Crippen molar-refractivity contribution in [2.24, 2.45) is 11.8 Å². The van der Waals surface area contributed by atoms with E-state index < -0.39 is 67.6 Å². The number of methoxy groups -OCH3 is 1. The molecule has 10 heteroatoms. The van der Waals surface area contributed by atoms with E-state index in [0.29, 0.717) is 0 Å². The fraction of sp³-hybridized carbons (Fsp3) is 0.941. The summed E-state index contributed by atoms with van der Waals surface area (Å²) in [5.74, 6) is -1.14. The standard InChI is InChI=1S/C17H31NO9/c1-7-10(5-19)25-16(8(2)13(7)22)27-15-11(6-20)26-17(24-4)12(14(15)23)18-9(3)21/h7-8,10-17,19-20,22-23H,5-6H2,1-4H3,(H,18,21)/t7-,8?,10?,11?,12?,13+,14-,15-,16+,17-/m1/s1. The summed E-state index contributed by atoms with van der Waals surface area (Å²) in [5.41, 5.74) is 0. The number of amides is 1. The normalized spacial score (nSPS) is 45.5. The molecule has 0 aromatic carbocycles. The van der Waals surface area contributed by atoms with E-state index in [1.54, 1.807) is 13.8 Å². The highest BCUT2D eigenvalue weighted by Gasteiger charge is 2.49. The van der Waals surface area contributed by atoms with Gasteiger partial charge in [0.15, 0.2) is 12.6 Å². The van der Waals surface area contributed by atoms with Gasteiger partial charge in [0, 0.05) is 25.9 Å². The summed E-state index contributed by atoms with van der Waals surface area (Å²) < 4.78 is 22.4. The van der Waals surface area contributed by atoms with E-state index >= 15 is 0 Å². The number of aliphatic hydroxyl groups is 4. The molecule has 27 heavy (non-hydrogen) atoms.